The van der Waals surface area contributed by atoms with E-state index in [1.807, 2.05) is 67.6 Å². The van der Waals surface area contributed by atoms with E-state index in [-0.39, 0.29) is 10.6 Å². The topological polar surface area (TPSA) is 17.1 Å². The summed E-state index contributed by atoms with van der Waals surface area (Å²) in [6.07, 6.45) is 0. The first kappa shape index (κ1) is 13.3. The summed E-state index contributed by atoms with van der Waals surface area (Å²) >= 11 is 6.41. The second-order valence-corrected chi connectivity index (χ2v) is 6.41. The van der Waals surface area contributed by atoms with Crippen LogP contribution in [0, 0.1) is 0 Å². The molecule has 0 fully saturated rings. The highest BCUT2D eigenvalue weighted by atomic mass is 35.5. The van der Waals surface area contributed by atoms with Crippen molar-refractivity contribution in [2.45, 2.75) is 22.4 Å². The van der Waals surface area contributed by atoms with Crippen LogP contribution in [0.5, 0.6) is 0 Å². The zero-order valence-electron chi connectivity index (χ0n) is 10.1. The van der Waals surface area contributed by atoms with Crippen LogP contribution in [0.1, 0.15) is 17.9 Å². The summed E-state index contributed by atoms with van der Waals surface area (Å²) in [5.41, 5.74) is 1.01. The van der Waals surface area contributed by atoms with Crippen molar-refractivity contribution >= 4 is 22.4 Å². The maximum absolute atomic E-state index is 12.4. The van der Waals surface area contributed by atoms with Gasteiger partial charge in [-0.15, -0.1) is 11.6 Å². The van der Waals surface area contributed by atoms with Gasteiger partial charge in [0.05, 0.1) is 21.4 Å². The number of halogens is 1. The van der Waals surface area contributed by atoms with Crippen molar-refractivity contribution in [2.75, 3.05) is 0 Å². The van der Waals surface area contributed by atoms with E-state index in [9.17, 15) is 4.21 Å². The number of rotatable bonds is 4. The lowest BCUT2D eigenvalue weighted by Crippen LogP contribution is -2.17. The molecule has 0 N–H and O–H groups in total. The Morgan fingerprint density at radius 1 is 0.944 bits per heavy atom. The predicted molar refractivity (Wildman–Crippen MR) is 77.3 cm³/mol. The molecule has 0 bridgehead atoms. The van der Waals surface area contributed by atoms with E-state index in [1.165, 1.54) is 0 Å². The van der Waals surface area contributed by atoms with Gasteiger partial charge in [-0.05, 0) is 24.6 Å². The van der Waals surface area contributed by atoms with Gasteiger partial charge in [-0.25, -0.2) is 0 Å². The molecule has 0 saturated heterocycles. The van der Waals surface area contributed by atoms with Crippen LogP contribution >= 0.6 is 11.6 Å². The molecule has 0 aliphatic rings. The van der Waals surface area contributed by atoms with Crippen molar-refractivity contribution in [3.63, 3.8) is 0 Å². The van der Waals surface area contributed by atoms with E-state index in [0.29, 0.717) is 0 Å². The van der Waals surface area contributed by atoms with Gasteiger partial charge in [0, 0.05) is 4.90 Å². The SMILES string of the molecule is C[C@H]([C@@H](Cl)c1ccccc1)[S@@](=O)c1ccccc1. The van der Waals surface area contributed by atoms with Crippen molar-refractivity contribution < 1.29 is 4.21 Å². The van der Waals surface area contributed by atoms with Gasteiger partial charge < -0.3 is 0 Å². The third-order valence-electron chi connectivity index (χ3n) is 2.84. The molecule has 0 spiro atoms. The van der Waals surface area contributed by atoms with E-state index in [0.717, 1.165) is 10.5 Å². The lowest BCUT2D eigenvalue weighted by molar-refractivity contribution is 0.670. The van der Waals surface area contributed by atoms with Gasteiger partial charge in [0.1, 0.15) is 0 Å². The average Bonchev–Trinajstić information content (AvgIpc) is 2.47. The quantitative estimate of drug-likeness (QED) is 0.768. The highest BCUT2D eigenvalue weighted by Gasteiger charge is 2.23. The van der Waals surface area contributed by atoms with Gasteiger partial charge in [0.15, 0.2) is 0 Å². The van der Waals surface area contributed by atoms with Crippen molar-refractivity contribution in [3.05, 3.63) is 66.2 Å². The lowest BCUT2D eigenvalue weighted by atomic mass is 10.1. The molecule has 2 rings (SSSR count). The average molecular weight is 279 g/mol. The Bertz CT molecular complexity index is 513. The minimum Gasteiger partial charge on any atom is -0.254 e. The van der Waals surface area contributed by atoms with Gasteiger partial charge in [0.2, 0.25) is 0 Å². The van der Waals surface area contributed by atoms with Crippen LogP contribution in [-0.2, 0) is 10.8 Å². The molecule has 3 atom stereocenters. The van der Waals surface area contributed by atoms with Crippen LogP contribution in [0.25, 0.3) is 0 Å². The van der Waals surface area contributed by atoms with Gasteiger partial charge in [0.25, 0.3) is 0 Å². The van der Waals surface area contributed by atoms with Gasteiger partial charge in [-0.2, -0.15) is 0 Å². The smallest absolute Gasteiger partial charge is 0.0729 e. The monoisotopic (exact) mass is 278 g/mol. The molecule has 2 aromatic carbocycles. The summed E-state index contributed by atoms with van der Waals surface area (Å²) in [6, 6.07) is 19.2. The number of alkyl halides is 1. The zero-order chi connectivity index (χ0) is 13.0. The summed E-state index contributed by atoms with van der Waals surface area (Å²) in [5.74, 6) is 0. The molecular weight excluding hydrogens is 264 g/mol. The van der Waals surface area contributed by atoms with Crippen LogP contribution in [0.4, 0.5) is 0 Å². The van der Waals surface area contributed by atoms with Crippen LogP contribution in [-0.4, -0.2) is 9.46 Å². The highest BCUT2D eigenvalue weighted by Crippen LogP contribution is 2.29. The minimum absolute atomic E-state index is 0.128. The predicted octanol–water partition coefficient (Wildman–Crippen LogP) is 4.16. The number of hydrogen-bond donors (Lipinski definition) is 0. The molecule has 0 aliphatic heterocycles. The minimum atomic E-state index is -1.09. The molecule has 1 nitrogen and oxygen atoms in total. The molecular formula is C15H15ClOS. The summed E-state index contributed by atoms with van der Waals surface area (Å²) in [4.78, 5) is 0.826. The van der Waals surface area contributed by atoms with E-state index in [4.69, 9.17) is 11.6 Å². The van der Waals surface area contributed by atoms with Crippen LogP contribution < -0.4 is 0 Å². The zero-order valence-corrected chi connectivity index (χ0v) is 11.7. The second kappa shape index (κ2) is 6.17. The van der Waals surface area contributed by atoms with E-state index in [2.05, 4.69) is 0 Å². The van der Waals surface area contributed by atoms with E-state index >= 15 is 0 Å². The van der Waals surface area contributed by atoms with Gasteiger partial charge >= 0.3 is 0 Å². The molecule has 0 unspecified atom stereocenters. The second-order valence-electron chi connectivity index (χ2n) is 4.13. The highest BCUT2D eigenvalue weighted by molar-refractivity contribution is 7.85. The van der Waals surface area contributed by atoms with Crippen molar-refractivity contribution in [2.24, 2.45) is 0 Å². The molecule has 2 aromatic rings. The summed E-state index contributed by atoms with van der Waals surface area (Å²) in [6.45, 7) is 1.92. The molecule has 94 valence electrons. The molecule has 0 aliphatic carbocycles. The molecule has 0 radical (unpaired) electrons. The molecule has 3 heteroatoms. The molecule has 0 heterocycles. The van der Waals surface area contributed by atoms with Crippen molar-refractivity contribution in [3.8, 4) is 0 Å². The Morgan fingerprint density at radius 2 is 1.44 bits per heavy atom. The Labute approximate surface area is 115 Å². The fraction of sp³-hybridized carbons (Fsp3) is 0.200. The van der Waals surface area contributed by atoms with E-state index in [1.54, 1.807) is 0 Å². The molecule has 0 amide bonds. The molecule has 0 aromatic heterocycles. The summed E-state index contributed by atoms with van der Waals surface area (Å²) in [7, 11) is -1.09. The molecule has 18 heavy (non-hydrogen) atoms. The molecule has 0 saturated carbocycles. The first-order valence-electron chi connectivity index (χ1n) is 5.85. The number of hydrogen-bond acceptors (Lipinski definition) is 1. The summed E-state index contributed by atoms with van der Waals surface area (Å²) in [5, 5.41) is -0.372. The standard InChI is InChI=1S/C15H15ClOS/c1-12(15(16)13-8-4-2-5-9-13)18(17)14-10-6-3-7-11-14/h2-12,15H,1H3/t12-,15-,18-/m1/s1. The van der Waals surface area contributed by atoms with E-state index < -0.39 is 10.8 Å². The maximum Gasteiger partial charge on any atom is 0.0729 e. The lowest BCUT2D eigenvalue weighted by Gasteiger charge is -2.18. The third-order valence-corrected chi connectivity index (χ3v) is 5.31. The van der Waals surface area contributed by atoms with Crippen LogP contribution in [0.2, 0.25) is 0 Å². The van der Waals surface area contributed by atoms with Crippen molar-refractivity contribution in [1.29, 1.82) is 0 Å². The fourth-order valence-corrected chi connectivity index (χ4v) is 3.44. The summed E-state index contributed by atoms with van der Waals surface area (Å²) < 4.78 is 12.4. The normalized spacial score (nSPS) is 15.9. The Morgan fingerprint density at radius 3 is 2.00 bits per heavy atom. The largest absolute Gasteiger partial charge is 0.254 e. The first-order chi connectivity index (χ1) is 8.70. The van der Waals surface area contributed by atoms with Crippen LogP contribution in [0.15, 0.2) is 65.6 Å². The van der Waals surface area contributed by atoms with Gasteiger partial charge in [-0.3, -0.25) is 4.21 Å². The third kappa shape index (κ3) is 3.01. The van der Waals surface area contributed by atoms with Crippen molar-refractivity contribution in [1.82, 2.24) is 0 Å². The van der Waals surface area contributed by atoms with Gasteiger partial charge in [-0.1, -0.05) is 48.5 Å². The Hall–Kier alpha value is -1.12. The Kier molecular flexibility index (Phi) is 4.56. The Balaban J connectivity index is 2.17. The number of benzene rings is 2. The fourth-order valence-electron chi connectivity index (χ4n) is 1.79. The first-order valence-corrected chi connectivity index (χ1v) is 7.49. The maximum atomic E-state index is 12.4. The van der Waals surface area contributed by atoms with Crippen LogP contribution in [0.3, 0.4) is 0 Å².